The second-order valence-electron chi connectivity index (χ2n) is 7.79. The number of nitrogens with zero attached hydrogens (tertiary/aromatic N) is 4. The minimum Gasteiger partial charge on any atom is -0.438 e. The number of hydrogen-bond acceptors (Lipinski definition) is 6. The summed E-state index contributed by atoms with van der Waals surface area (Å²) in [6, 6.07) is 6.65. The molecular weight excluding hydrogens is 451 g/mol. The van der Waals surface area contributed by atoms with E-state index in [4.69, 9.17) is 4.74 Å². The number of sulfonamides is 1. The molecule has 2 amide bonds. The summed E-state index contributed by atoms with van der Waals surface area (Å²) in [6.45, 7) is 1.80. The van der Waals surface area contributed by atoms with E-state index in [0.29, 0.717) is 38.1 Å². The van der Waals surface area contributed by atoms with E-state index in [1.54, 1.807) is 21.9 Å². The van der Waals surface area contributed by atoms with Crippen LogP contribution in [0.4, 0.5) is 18.0 Å². The van der Waals surface area contributed by atoms with Gasteiger partial charge in [-0.2, -0.15) is 13.2 Å². The van der Waals surface area contributed by atoms with Crippen molar-refractivity contribution in [1.29, 1.82) is 0 Å². The number of hydrogen-bond donors (Lipinski definition) is 1. The Labute approximate surface area is 182 Å². The molecule has 0 spiro atoms. The van der Waals surface area contributed by atoms with Crippen molar-refractivity contribution >= 4 is 16.1 Å². The number of rotatable bonds is 5. The summed E-state index contributed by atoms with van der Waals surface area (Å²) in [7, 11) is -3.29. The van der Waals surface area contributed by atoms with Crippen LogP contribution in [-0.4, -0.2) is 72.7 Å². The third-order valence-corrected chi connectivity index (χ3v) is 5.94. The third kappa shape index (κ3) is 5.10. The van der Waals surface area contributed by atoms with Gasteiger partial charge in [-0.1, -0.05) is 12.1 Å². The molecule has 0 unspecified atom stereocenters. The van der Waals surface area contributed by atoms with Crippen molar-refractivity contribution < 1.29 is 31.1 Å². The zero-order chi connectivity index (χ0) is 23.1. The van der Waals surface area contributed by atoms with Gasteiger partial charge in [0.15, 0.2) is 5.69 Å². The van der Waals surface area contributed by atoms with Crippen LogP contribution in [0.1, 0.15) is 17.2 Å². The number of alkyl halides is 3. The molecule has 172 valence electrons. The van der Waals surface area contributed by atoms with Crippen LogP contribution >= 0.6 is 0 Å². The van der Waals surface area contributed by atoms with Gasteiger partial charge in [-0.3, -0.25) is 0 Å². The third-order valence-electron chi connectivity index (χ3n) is 5.18. The number of aromatic nitrogens is 2. The highest BCUT2D eigenvalue weighted by molar-refractivity contribution is 7.88. The lowest BCUT2D eigenvalue weighted by atomic mass is 9.91. The first-order valence-electron chi connectivity index (χ1n) is 9.66. The molecule has 1 aromatic carbocycles. The molecule has 2 aliphatic rings. The van der Waals surface area contributed by atoms with Crippen molar-refractivity contribution in [3.05, 3.63) is 47.9 Å². The number of halogens is 3. The van der Waals surface area contributed by atoms with Gasteiger partial charge in [0.1, 0.15) is 5.75 Å². The zero-order valence-electron chi connectivity index (χ0n) is 16.9. The van der Waals surface area contributed by atoms with E-state index in [9.17, 15) is 26.4 Å². The molecule has 1 aromatic heterocycles. The molecule has 2 aliphatic heterocycles. The fourth-order valence-electron chi connectivity index (χ4n) is 3.50. The molecule has 9 nitrogen and oxygen atoms in total. The van der Waals surface area contributed by atoms with Crippen molar-refractivity contribution in [1.82, 2.24) is 24.5 Å². The van der Waals surface area contributed by atoms with Crippen molar-refractivity contribution in [3.8, 4) is 11.6 Å². The number of ether oxygens (including phenoxy) is 1. The Bertz CT molecular complexity index is 1080. The van der Waals surface area contributed by atoms with Gasteiger partial charge in [0.05, 0.1) is 24.7 Å². The zero-order valence-corrected chi connectivity index (χ0v) is 17.7. The molecule has 2 saturated heterocycles. The van der Waals surface area contributed by atoms with Crippen molar-refractivity contribution in [3.63, 3.8) is 0 Å². The van der Waals surface area contributed by atoms with Gasteiger partial charge < -0.3 is 14.5 Å². The number of nitrogens with one attached hydrogen (secondary N) is 1. The Balaban J connectivity index is 1.25. The fourth-order valence-corrected chi connectivity index (χ4v) is 4.26. The number of urea groups is 1. The van der Waals surface area contributed by atoms with Crippen LogP contribution in [0.3, 0.4) is 0 Å². The summed E-state index contributed by atoms with van der Waals surface area (Å²) in [5.41, 5.74) is -0.0928. The smallest absolute Gasteiger partial charge is 0.434 e. The van der Waals surface area contributed by atoms with E-state index in [2.05, 4.69) is 14.7 Å². The van der Waals surface area contributed by atoms with Crippen LogP contribution < -0.4 is 9.46 Å². The second kappa shape index (κ2) is 8.20. The van der Waals surface area contributed by atoms with E-state index in [1.165, 1.54) is 0 Å². The van der Waals surface area contributed by atoms with Crippen LogP contribution in [-0.2, 0) is 16.2 Å². The maximum Gasteiger partial charge on any atom is 0.434 e. The number of amides is 2. The number of carbonyl (C=O) groups excluding carboxylic acids is 1. The quantitative estimate of drug-likeness (QED) is 0.716. The maximum absolute atomic E-state index is 12.5. The van der Waals surface area contributed by atoms with E-state index in [0.717, 1.165) is 18.0 Å². The van der Waals surface area contributed by atoms with Crippen molar-refractivity contribution in [2.75, 3.05) is 32.4 Å². The molecule has 0 atom stereocenters. The summed E-state index contributed by atoms with van der Waals surface area (Å²) in [6.07, 6.45) is -1.94. The minimum atomic E-state index is -4.56. The van der Waals surface area contributed by atoms with Crippen LogP contribution in [0.15, 0.2) is 36.7 Å². The first-order chi connectivity index (χ1) is 15.0. The first kappa shape index (κ1) is 22.3. The summed E-state index contributed by atoms with van der Waals surface area (Å²) in [4.78, 5) is 22.6. The SMILES string of the molecule is CS(=O)(=O)NC1CN(C(=O)N2CC(c3ccc(Oc4cnc(C(F)(F)F)cn4)cc3)C2)C1. The lowest BCUT2D eigenvalue weighted by molar-refractivity contribution is -0.141. The molecule has 0 radical (unpaired) electrons. The lowest BCUT2D eigenvalue weighted by Gasteiger charge is -2.47. The van der Waals surface area contributed by atoms with Gasteiger partial charge in [-0.25, -0.2) is 27.9 Å². The highest BCUT2D eigenvalue weighted by Crippen LogP contribution is 2.31. The van der Waals surface area contributed by atoms with Gasteiger partial charge in [-0.15, -0.1) is 0 Å². The van der Waals surface area contributed by atoms with Gasteiger partial charge in [0.25, 0.3) is 0 Å². The molecule has 0 saturated carbocycles. The lowest BCUT2D eigenvalue weighted by Crippen LogP contribution is -2.65. The monoisotopic (exact) mass is 471 g/mol. The average molecular weight is 471 g/mol. The summed E-state index contributed by atoms with van der Waals surface area (Å²) in [5, 5.41) is 0. The average Bonchev–Trinajstić information content (AvgIpc) is 2.63. The summed E-state index contributed by atoms with van der Waals surface area (Å²) in [5.74, 6) is 0.509. The van der Waals surface area contributed by atoms with Gasteiger partial charge in [0, 0.05) is 32.1 Å². The summed E-state index contributed by atoms with van der Waals surface area (Å²) >= 11 is 0. The van der Waals surface area contributed by atoms with E-state index >= 15 is 0 Å². The van der Waals surface area contributed by atoms with E-state index in [-0.39, 0.29) is 23.9 Å². The fraction of sp³-hybridized carbons (Fsp3) is 0.421. The Morgan fingerprint density at radius 3 is 2.22 bits per heavy atom. The van der Waals surface area contributed by atoms with E-state index < -0.39 is 21.9 Å². The molecule has 13 heteroatoms. The topological polar surface area (TPSA) is 105 Å². The number of carbonyl (C=O) groups is 1. The number of benzene rings is 1. The Morgan fingerprint density at radius 1 is 1.06 bits per heavy atom. The van der Waals surface area contributed by atoms with Crippen LogP contribution in [0.2, 0.25) is 0 Å². The molecule has 2 fully saturated rings. The molecule has 3 heterocycles. The highest BCUT2D eigenvalue weighted by Gasteiger charge is 2.39. The van der Waals surface area contributed by atoms with Crippen LogP contribution in [0.25, 0.3) is 0 Å². The van der Waals surface area contributed by atoms with Crippen LogP contribution in [0, 0.1) is 0 Å². The Hall–Kier alpha value is -2.93. The maximum atomic E-state index is 12.5. The molecular formula is C19H20F3N5O4S. The Morgan fingerprint density at radius 2 is 1.69 bits per heavy atom. The van der Waals surface area contributed by atoms with Gasteiger partial charge >= 0.3 is 12.2 Å². The number of likely N-dealkylation sites (tertiary alicyclic amines) is 2. The predicted molar refractivity (Wildman–Crippen MR) is 107 cm³/mol. The largest absolute Gasteiger partial charge is 0.438 e. The highest BCUT2D eigenvalue weighted by atomic mass is 32.2. The first-order valence-corrected chi connectivity index (χ1v) is 11.6. The molecule has 32 heavy (non-hydrogen) atoms. The Kier molecular flexibility index (Phi) is 5.71. The molecule has 1 N–H and O–H groups in total. The molecule has 0 bridgehead atoms. The second-order valence-corrected chi connectivity index (χ2v) is 9.57. The molecule has 0 aliphatic carbocycles. The van der Waals surface area contributed by atoms with E-state index in [1.807, 2.05) is 12.1 Å². The molecule has 4 rings (SSSR count). The van der Waals surface area contributed by atoms with Gasteiger partial charge in [-0.05, 0) is 17.7 Å². The predicted octanol–water partition coefficient (Wildman–Crippen LogP) is 2.04. The van der Waals surface area contributed by atoms with Crippen molar-refractivity contribution in [2.45, 2.75) is 18.1 Å². The van der Waals surface area contributed by atoms with Crippen LogP contribution in [0.5, 0.6) is 11.6 Å². The summed E-state index contributed by atoms with van der Waals surface area (Å²) < 4.78 is 67.9. The van der Waals surface area contributed by atoms with Gasteiger partial charge in [0.2, 0.25) is 15.9 Å². The minimum absolute atomic E-state index is 0.0515. The van der Waals surface area contributed by atoms with Crippen molar-refractivity contribution in [2.24, 2.45) is 0 Å². The standard InChI is InChI=1S/C19H20F3N5O4S/c1-32(29,30)25-14-10-27(11-14)18(28)26-8-13(9-26)12-2-4-15(5-3-12)31-17-7-23-16(6-24-17)19(20,21)22/h2-7,13-14,25H,8-11H2,1H3. The normalized spacial score (nSPS) is 17.6. The molecule has 2 aromatic rings.